The van der Waals surface area contributed by atoms with Gasteiger partial charge in [-0.25, -0.2) is 19.9 Å². The number of ether oxygens (including phenoxy) is 12. The van der Waals surface area contributed by atoms with Crippen LogP contribution in [0, 0.1) is 22.7 Å². The zero-order valence-corrected chi connectivity index (χ0v) is 54.1. The van der Waals surface area contributed by atoms with Gasteiger partial charge in [-0.2, -0.15) is 40.7 Å². The fourth-order valence-corrected chi connectivity index (χ4v) is 11.6. The zero-order valence-electron chi connectivity index (χ0n) is 51.7. The molecular weight excluding hydrogens is 1270 g/mol. The molecule has 4 aliphatic rings. The van der Waals surface area contributed by atoms with Crippen LogP contribution in [0.2, 0.25) is 0 Å². The molecule has 0 atom stereocenters. The number of nitrogens with two attached hydrogens (primary N) is 1. The Hall–Kier alpha value is -7.79. The Morgan fingerprint density at radius 3 is 1.41 bits per heavy atom. The van der Waals surface area contributed by atoms with Gasteiger partial charge in [0.15, 0.2) is 23.0 Å². The molecule has 0 unspecified atom stereocenters. The molecule has 506 valence electrons. The van der Waals surface area contributed by atoms with Crippen molar-refractivity contribution >= 4 is 53.4 Å². The van der Waals surface area contributed by atoms with Gasteiger partial charge >= 0.3 is 0 Å². The molecule has 6 heterocycles. The van der Waals surface area contributed by atoms with E-state index in [2.05, 4.69) is 47.4 Å². The maximum absolute atomic E-state index is 12.3. The molecule has 0 saturated carbocycles. The lowest BCUT2D eigenvalue weighted by Gasteiger charge is -2.26. The summed E-state index contributed by atoms with van der Waals surface area (Å²) in [6.45, 7) is 8.40. The maximum Gasteiger partial charge on any atom is 0.299 e. The van der Waals surface area contributed by atoms with Crippen molar-refractivity contribution in [3.05, 3.63) is 108 Å². The molecular formula is C62H83ClN12O16S2. The smallest absolute Gasteiger partial charge is 0.299 e. The lowest BCUT2D eigenvalue weighted by Crippen LogP contribution is -2.47. The Morgan fingerprint density at radius 2 is 0.989 bits per heavy atom. The molecule has 4 saturated heterocycles. The van der Waals surface area contributed by atoms with E-state index in [4.69, 9.17) is 73.3 Å². The lowest BCUT2D eigenvalue weighted by atomic mass is 10.1. The highest BCUT2D eigenvalue weighted by molar-refractivity contribution is 8.11. The average molecular weight is 1350 g/mol. The van der Waals surface area contributed by atoms with Crippen LogP contribution in [0.4, 0.5) is 23.3 Å². The number of hydrogen-bond donors (Lipinski definition) is 4. The molecule has 4 aliphatic heterocycles. The predicted molar refractivity (Wildman–Crippen MR) is 350 cm³/mol. The number of benzene rings is 4. The van der Waals surface area contributed by atoms with Crippen LogP contribution in [0.15, 0.2) is 97.3 Å². The van der Waals surface area contributed by atoms with Crippen molar-refractivity contribution in [3.63, 3.8) is 0 Å². The number of aromatic nitrogens is 4. The summed E-state index contributed by atoms with van der Waals surface area (Å²) in [5.74, 6) is 4.09. The molecule has 5 N–H and O–H groups in total. The number of anilines is 4. The number of methoxy groups -OCH3 is 2. The van der Waals surface area contributed by atoms with Crippen molar-refractivity contribution in [2.24, 2.45) is 5.73 Å². The maximum atomic E-state index is 12.3. The molecule has 6 aromatic rings. The first-order valence-corrected chi connectivity index (χ1v) is 33.8. The van der Waals surface area contributed by atoms with Gasteiger partial charge in [0.1, 0.15) is 49.1 Å². The summed E-state index contributed by atoms with van der Waals surface area (Å²) in [7, 11) is 1.14. The van der Waals surface area contributed by atoms with Crippen LogP contribution < -0.4 is 49.5 Å². The normalized spacial score (nSPS) is 15.8. The second kappa shape index (κ2) is 37.2. The summed E-state index contributed by atoms with van der Waals surface area (Å²) in [6, 6.07) is 29.8. The number of nitrogens with one attached hydrogen (secondary N) is 3. The first-order chi connectivity index (χ1) is 45.2. The first kappa shape index (κ1) is 71.1. The number of halogens is 1. The summed E-state index contributed by atoms with van der Waals surface area (Å²) in [6.07, 6.45) is 6.62. The largest absolute Gasteiger partial charge is 0.493 e. The molecule has 2 aromatic heterocycles. The molecule has 31 heteroatoms. The van der Waals surface area contributed by atoms with Crippen molar-refractivity contribution < 1.29 is 78.0 Å². The molecule has 4 fully saturated rings. The summed E-state index contributed by atoms with van der Waals surface area (Å²) in [5, 5.41) is 25.8. The van der Waals surface area contributed by atoms with Crippen LogP contribution in [0.25, 0.3) is 22.5 Å². The van der Waals surface area contributed by atoms with E-state index in [0.29, 0.717) is 180 Å². The van der Waals surface area contributed by atoms with Gasteiger partial charge in [-0.3, -0.25) is 0 Å². The fraction of sp³-hybridized carbons (Fsp3) is 0.452. The van der Waals surface area contributed by atoms with E-state index in [1.165, 1.54) is 8.61 Å². The van der Waals surface area contributed by atoms with Crippen molar-refractivity contribution in [1.29, 1.82) is 10.5 Å². The van der Waals surface area contributed by atoms with Crippen molar-refractivity contribution in [1.82, 2.24) is 33.3 Å². The monoisotopic (exact) mass is 1350 g/mol. The minimum absolute atomic E-state index is 0. The Bertz CT molecular complexity index is 3660. The van der Waals surface area contributed by atoms with Gasteiger partial charge < -0.3 is 73.2 Å². The summed E-state index contributed by atoms with van der Waals surface area (Å²) < 4.78 is 117. The molecule has 93 heavy (non-hydrogen) atoms. The third-order valence-electron chi connectivity index (χ3n) is 14.2. The Morgan fingerprint density at radius 1 is 0.559 bits per heavy atom. The molecule has 0 aliphatic carbocycles. The fourth-order valence-electron chi connectivity index (χ4n) is 9.45. The van der Waals surface area contributed by atoms with Gasteiger partial charge in [0, 0.05) is 127 Å². The predicted octanol–water partition coefficient (Wildman–Crippen LogP) is 7.11. The summed E-state index contributed by atoms with van der Waals surface area (Å²) in [4.78, 5) is 17.9. The van der Waals surface area contributed by atoms with Gasteiger partial charge in [0.2, 0.25) is 11.9 Å². The minimum Gasteiger partial charge on any atom is -0.493 e. The van der Waals surface area contributed by atoms with E-state index < -0.39 is 19.4 Å². The number of nitrogens with zero attached hydrogens (tertiary/aromatic N) is 8. The minimum atomic E-state index is -3.54. The van der Waals surface area contributed by atoms with E-state index in [-0.39, 0.29) is 42.9 Å². The number of morpholine rings is 2. The molecule has 0 amide bonds. The van der Waals surface area contributed by atoms with E-state index in [9.17, 15) is 27.4 Å². The average Bonchev–Trinajstić information content (AvgIpc) is 0.843. The van der Waals surface area contributed by atoms with E-state index in [1.54, 1.807) is 69.1 Å². The van der Waals surface area contributed by atoms with Crippen LogP contribution in [0.1, 0.15) is 41.1 Å². The highest BCUT2D eigenvalue weighted by atomic mass is 35.7. The van der Waals surface area contributed by atoms with Gasteiger partial charge in [0.05, 0.1) is 116 Å². The molecule has 10 rings (SSSR count). The molecule has 0 radical (unpaired) electrons. The van der Waals surface area contributed by atoms with Crippen LogP contribution in [-0.2, 0) is 47.9 Å². The topological polar surface area (TPSA) is 347 Å². The molecule has 0 bridgehead atoms. The van der Waals surface area contributed by atoms with Crippen LogP contribution in [0.5, 0.6) is 34.5 Å². The standard InChI is InChI=1S/C31H38N6O8S.C27H31N5O5.C4H8ClNO3S.3H2/c1-40-30-21-25(3-5-29(30)44-19-18-42-15-10-34-46(38,39)37-11-16-43-17-12-37)35-31-33-9-6-27(36-31)23-2-4-28(24(20-23)22-32)45-26-7-13-41-14-8-26;1-33-26-17-21(3-5-25(26)36-15-14-35-13-9-28)31-27-30-10-6-23(32-27)19-2-4-24(20(16-19)18-29)37-22-7-11-34-12-8-22;5-10(7,8)6-1-3-9-4-2-6;;;/h2-6,9,20-21,26,34H,7-8,10-19H2,1H3,(H,33,35,36);2-6,10,16-17,22H,7-9,11-15,28H2,1H3,(H,30,31,32);1-4H2;3*1H. The third kappa shape index (κ3) is 22.7. The van der Waals surface area contributed by atoms with Crippen molar-refractivity contribution in [2.75, 3.05) is 157 Å². The van der Waals surface area contributed by atoms with Gasteiger partial charge in [-0.1, -0.05) is 0 Å². The van der Waals surface area contributed by atoms with Crippen molar-refractivity contribution in [3.8, 4) is 69.2 Å². The SMILES string of the molecule is COc1cc(Nc2nccc(-c3ccc(OC4CCOCC4)c(C#N)c3)n2)ccc1OCCOCCN.COc1cc(Nc2nccc(-c3ccc(OC4CCOCC4)c(C#N)c3)n2)ccc1OCCOCCNS(=O)(=O)N1CCOCC1.O=S(=O)(Cl)N1CCOCC1.[HH].[HH].[HH]. The quantitative estimate of drug-likeness (QED) is 0.0281. The highest BCUT2D eigenvalue weighted by Gasteiger charge is 2.25. The summed E-state index contributed by atoms with van der Waals surface area (Å²) in [5.41, 5.74) is 10.6. The lowest BCUT2D eigenvalue weighted by molar-refractivity contribution is 0.0252. The Balaban J connectivity index is 0.000000299. The Kier molecular flexibility index (Phi) is 28.4. The second-order valence-corrected chi connectivity index (χ2v) is 24.9. The number of rotatable bonds is 28. The van der Waals surface area contributed by atoms with Gasteiger partial charge in [-0.15, -0.1) is 0 Å². The zero-order chi connectivity index (χ0) is 65.7. The first-order valence-electron chi connectivity index (χ1n) is 30.1. The van der Waals surface area contributed by atoms with Crippen molar-refractivity contribution in [2.45, 2.75) is 37.9 Å². The van der Waals surface area contributed by atoms with E-state index in [1.807, 2.05) is 42.5 Å². The second-order valence-electron chi connectivity index (χ2n) is 20.6. The molecule has 0 spiro atoms. The Labute approximate surface area is 550 Å². The number of hydrogen-bond acceptors (Lipinski definition) is 25. The van der Waals surface area contributed by atoms with E-state index >= 15 is 0 Å². The number of nitriles is 2. The van der Waals surface area contributed by atoms with Crippen LogP contribution in [0.3, 0.4) is 0 Å². The van der Waals surface area contributed by atoms with Gasteiger partial charge in [-0.05, 0) is 72.8 Å². The van der Waals surface area contributed by atoms with Gasteiger partial charge in [0.25, 0.3) is 19.4 Å². The molecule has 4 aromatic carbocycles. The third-order valence-corrected chi connectivity index (χ3v) is 17.4. The van der Waals surface area contributed by atoms with E-state index in [0.717, 1.165) is 42.5 Å². The highest BCUT2D eigenvalue weighted by Crippen LogP contribution is 2.35. The van der Waals surface area contributed by atoms with Crippen LogP contribution >= 0.6 is 10.7 Å². The van der Waals surface area contributed by atoms with Crippen LogP contribution in [-0.4, -0.2) is 204 Å². The molecule has 28 nitrogen and oxygen atoms in total. The summed E-state index contributed by atoms with van der Waals surface area (Å²) >= 11 is 0.